The van der Waals surface area contributed by atoms with Crippen molar-refractivity contribution in [2.45, 2.75) is 0 Å². The Kier molecular flexibility index (Phi) is 9.49. The van der Waals surface area contributed by atoms with Crippen molar-refractivity contribution >= 4 is 65.0 Å². The number of hydrogen-bond donors (Lipinski definition) is 0. The highest BCUT2D eigenvalue weighted by Crippen LogP contribution is 2.41. The molecule has 0 unspecified atom stereocenters. The Balaban J connectivity index is 0.796. The number of aromatic nitrogens is 3. The fraction of sp³-hybridized carbons (Fsp3) is 0. The summed E-state index contributed by atoms with van der Waals surface area (Å²) in [5.41, 5.74) is 13.8. The van der Waals surface area contributed by atoms with Crippen LogP contribution in [0.1, 0.15) is 0 Å². The molecule has 71 heavy (non-hydrogen) atoms. The molecule has 0 spiro atoms. The van der Waals surface area contributed by atoms with Gasteiger partial charge in [-0.2, -0.15) is 0 Å². The lowest BCUT2D eigenvalue weighted by Gasteiger charge is -2.13. The van der Waals surface area contributed by atoms with Gasteiger partial charge in [0.15, 0.2) is 17.5 Å². The molecule has 0 N–H and O–H groups in total. The Bertz CT molecular complexity index is 4310. The van der Waals surface area contributed by atoms with Crippen molar-refractivity contribution in [3.8, 4) is 78.7 Å². The minimum Gasteiger partial charge on any atom is -0.456 e. The maximum atomic E-state index is 6.61. The Hall–Kier alpha value is -9.51. The first-order chi connectivity index (χ1) is 35.2. The third kappa shape index (κ3) is 7.04. The van der Waals surface area contributed by atoms with Gasteiger partial charge in [0.1, 0.15) is 11.2 Å². The zero-order chi connectivity index (χ0) is 46.8. The predicted octanol–water partition coefficient (Wildman–Crippen LogP) is 18.1. The van der Waals surface area contributed by atoms with Gasteiger partial charge in [-0.1, -0.05) is 200 Å². The van der Waals surface area contributed by atoms with Gasteiger partial charge in [0, 0.05) is 27.5 Å². The molecule has 0 aliphatic rings. The lowest BCUT2D eigenvalue weighted by atomic mass is 9.91. The molecule has 14 rings (SSSR count). The van der Waals surface area contributed by atoms with Crippen molar-refractivity contribution in [3.05, 3.63) is 249 Å². The average molecular weight is 904 g/mol. The Morgan fingerprint density at radius 2 is 0.592 bits per heavy atom. The number of furan rings is 1. The van der Waals surface area contributed by atoms with Crippen LogP contribution in [0.4, 0.5) is 0 Å². The van der Waals surface area contributed by atoms with E-state index in [-0.39, 0.29) is 0 Å². The number of benzene rings is 12. The van der Waals surface area contributed by atoms with Crippen LogP contribution in [0.25, 0.3) is 144 Å². The minimum atomic E-state index is 0.631. The van der Waals surface area contributed by atoms with Crippen LogP contribution >= 0.6 is 0 Å². The van der Waals surface area contributed by atoms with E-state index in [0.717, 1.165) is 71.7 Å². The van der Waals surface area contributed by atoms with Gasteiger partial charge in [0.25, 0.3) is 0 Å². The molecule has 14 aromatic rings. The van der Waals surface area contributed by atoms with Gasteiger partial charge in [-0.15, -0.1) is 0 Å². The second-order valence-electron chi connectivity index (χ2n) is 18.3. The van der Waals surface area contributed by atoms with E-state index in [1.165, 1.54) is 54.6 Å². The van der Waals surface area contributed by atoms with Crippen LogP contribution in [0.2, 0.25) is 0 Å². The van der Waals surface area contributed by atoms with Crippen LogP contribution in [0, 0.1) is 0 Å². The summed E-state index contributed by atoms with van der Waals surface area (Å²) in [5, 5.41) is 12.0. The van der Waals surface area contributed by atoms with Crippen molar-refractivity contribution < 1.29 is 4.42 Å². The van der Waals surface area contributed by atoms with Crippen molar-refractivity contribution in [1.82, 2.24) is 15.0 Å². The Morgan fingerprint density at radius 3 is 1.17 bits per heavy atom. The number of rotatable bonds is 7. The quantitative estimate of drug-likeness (QED) is 0.150. The summed E-state index contributed by atoms with van der Waals surface area (Å²) in [6.07, 6.45) is 0. The lowest BCUT2D eigenvalue weighted by molar-refractivity contribution is 0.669. The fourth-order valence-corrected chi connectivity index (χ4v) is 10.6. The molecule has 2 heterocycles. The first-order valence-corrected chi connectivity index (χ1v) is 24.1. The third-order valence-electron chi connectivity index (χ3n) is 14.1. The van der Waals surface area contributed by atoms with Gasteiger partial charge < -0.3 is 4.42 Å². The molecule has 0 aliphatic heterocycles. The van der Waals surface area contributed by atoms with Crippen LogP contribution in [0.15, 0.2) is 253 Å². The number of hydrogen-bond acceptors (Lipinski definition) is 4. The molecule has 4 heteroatoms. The highest BCUT2D eigenvalue weighted by molar-refractivity contribution is 6.25. The summed E-state index contributed by atoms with van der Waals surface area (Å²) in [6, 6.07) is 88.4. The second-order valence-corrected chi connectivity index (χ2v) is 18.3. The number of nitrogens with zero attached hydrogens (tertiary/aromatic N) is 3. The molecular formula is C67H41N3O. The molecule has 0 fully saturated rings. The number of fused-ring (bicyclic) bond motifs is 10. The molecule has 0 amide bonds. The third-order valence-corrected chi connectivity index (χ3v) is 14.1. The van der Waals surface area contributed by atoms with Crippen LogP contribution < -0.4 is 0 Å². The van der Waals surface area contributed by atoms with E-state index in [1.807, 2.05) is 60.7 Å². The largest absolute Gasteiger partial charge is 0.456 e. The van der Waals surface area contributed by atoms with E-state index in [4.69, 9.17) is 19.4 Å². The van der Waals surface area contributed by atoms with Crippen LogP contribution in [-0.4, -0.2) is 15.0 Å². The summed E-state index contributed by atoms with van der Waals surface area (Å²) >= 11 is 0. The van der Waals surface area contributed by atoms with E-state index >= 15 is 0 Å². The van der Waals surface area contributed by atoms with E-state index in [0.29, 0.717) is 17.5 Å². The highest BCUT2D eigenvalue weighted by atomic mass is 16.3. The first-order valence-electron chi connectivity index (χ1n) is 24.1. The average Bonchev–Trinajstić information content (AvgIpc) is 3.82. The molecular weight excluding hydrogens is 863 g/mol. The van der Waals surface area contributed by atoms with Gasteiger partial charge in [-0.05, 0) is 136 Å². The topological polar surface area (TPSA) is 51.8 Å². The van der Waals surface area contributed by atoms with E-state index in [1.54, 1.807) is 0 Å². The molecule has 4 nitrogen and oxygen atoms in total. The summed E-state index contributed by atoms with van der Waals surface area (Å²) < 4.78 is 6.61. The van der Waals surface area contributed by atoms with E-state index in [9.17, 15) is 0 Å². The SMILES string of the molecule is c1ccc(-c2nc(-c3ccccc3)nc(-c3ccc(-c4ccc5c(c4)oc4ccc(-c6cccc(-c7cccc(-c8ccc9c%10ccccc%10c%10ccccc%10c9c8)c7)c6)cc45)c4ccccc34)n2)cc1. The van der Waals surface area contributed by atoms with Gasteiger partial charge in [0.2, 0.25) is 0 Å². The van der Waals surface area contributed by atoms with Crippen LogP contribution in [0.3, 0.4) is 0 Å². The lowest BCUT2D eigenvalue weighted by Crippen LogP contribution is -2.00. The normalized spacial score (nSPS) is 11.7. The standard InChI is InChI=1S/C67H41N3O/c1-3-15-42(16-4-1)65-68-66(43-17-5-2-6-18-43)70-67(69-65)60-35-34-51(52-23-7-11-27-56(52)60)50-30-33-59-62-40-49(31-36-63(62)71-64(59)41-50)47-22-14-20-45(38-47)44-19-13-21-46(37-44)48-29-32-58-55-26-9-8-24-53(55)54-25-10-12-28-57(54)61(58)39-48/h1-41H. The summed E-state index contributed by atoms with van der Waals surface area (Å²) in [7, 11) is 0. The smallest absolute Gasteiger partial charge is 0.164 e. The zero-order valence-electron chi connectivity index (χ0n) is 38.4. The molecule has 0 radical (unpaired) electrons. The zero-order valence-corrected chi connectivity index (χ0v) is 38.4. The van der Waals surface area contributed by atoms with E-state index in [2.05, 4.69) is 188 Å². The van der Waals surface area contributed by atoms with E-state index < -0.39 is 0 Å². The molecule has 330 valence electrons. The fourth-order valence-electron chi connectivity index (χ4n) is 10.6. The van der Waals surface area contributed by atoms with Crippen molar-refractivity contribution in [2.24, 2.45) is 0 Å². The summed E-state index contributed by atoms with van der Waals surface area (Å²) in [4.78, 5) is 15.1. The van der Waals surface area contributed by atoms with Crippen molar-refractivity contribution in [3.63, 3.8) is 0 Å². The van der Waals surface area contributed by atoms with Gasteiger partial charge in [-0.25, -0.2) is 15.0 Å². The highest BCUT2D eigenvalue weighted by Gasteiger charge is 2.18. The van der Waals surface area contributed by atoms with Crippen LogP contribution in [-0.2, 0) is 0 Å². The molecule has 0 saturated carbocycles. The molecule has 2 aromatic heterocycles. The first kappa shape index (κ1) is 40.5. The molecule has 0 bridgehead atoms. The van der Waals surface area contributed by atoms with Crippen molar-refractivity contribution in [2.75, 3.05) is 0 Å². The van der Waals surface area contributed by atoms with Crippen LogP contribution in [0.5, 0.6) is 0 Å². The van der Waals surface area contributed by atoms with Gasteiger partial charge >= 0.3 is 0 Å². The molecule has 0 atom stereocenters. The summed E-state index contributed by atoms with van der Waals surface area (Å²) in [5.74, 6) is 1.91. The van der Waals surface area contributed by atoms with Gasteiger partial charge in [-0.3, -0.25) is 0 Å². The Labute approximate surface area is 409 Å². The maximum Gasteiger partial charge on any atom is 0.164 e. The minimum absolute atomic E-state index is 0.631. The van der Waals surface area contributed by atoms with Crippen molar-refractivity contribution in [1.29, 1.82) is 0 Å². The second kappa shape index (κ2) is 16.6. The summed E-state index contributed by atoms with van der Waals surface area (Å²) in [6.45, 7) is 0. The predicted molar refractivity (Wildman–Crippen MR) is 295 cm³/mol. The maximum absolute atomic E-state index is 6.61. The molecule has 0 saturated heterocycles. The van der Waals surface area contributed by atoms with Gasteiger partial charge in [0.05, 0.1) is 0 Å². The molecule has 0 aliphatic carbocycles. The Morgan fingerprint density at radius 1 is 0.197 bits per heavy atom. The monoisotopic (exact) mass is 903 g/mol. The molecule has 12 aromatic carbocycles.